The van der Waals surface area contributed by atoms with Crippen molar-refractivity contribution in [3.8, 4) is 0 Å². The van der Waals surface area contributed by atoms with E-state index in [2.05, 4.69) is 29.1 Å². The number of aryl methyl sites for hydroxylation is 4. The topological polar surface area (TPSA) is 54.9 Å². The average molecular weight is 398 g/mol. The molecule has 140 valence electrons. The molecule has 0 saturated heterocycles. The van der Waals surface area contributed by atoms with Gasteiger partial charge in [0.05, 0.1) is 5.25 Å². The Bertz CT molecular complexity index is 1010. The summed E-state index contributed by atoms with van der Waals surface area (Å²) in [6.45, 7) is 6.07. The highest BCUT2D eigenvalue weighted by Gasteiger charge is 2.23. The van der Waals surface area contributed by atoms with E-state index in [1.54, 1.807) is 17.7 Å². The Labute approximate surface area is 167 Å². The van der Waals surface area contributed by atoms with Gasteiger partial charge < -0.3 is 5.32 Å². The summed E-state index contributed by atoms with van der Waals surface area (Å²) in [4.78, 5) is 24.2. The number of nitrogens with zero attached hydrogens (tertiary/aromatic N) is 2. The highest BCUT2D eigenvalue weighted by Crippen LogP contribution is 2.40. The number of benzene rings is 1. The average Bonchev–Trinajstić information content (AvgIpc) is 3.04. The van der Waals surface area contributed by atoms with Gasteiger partial charge in [0, 0.05) is 16.0 Å². The molecular formula is C21H23N3OS2. The van der Waals surface area contributed by atoms with Crippen LogP contribution in [0.15, 0.2) is 29.6 Å². The molecule has 2 heterocycles. The fraction of sp³-hybridized carbons (Fsp3) is 0.381. The minimum Gasteiger partial charge on any atom is -0.325 e. The molecule has 1 atom stereocenters. The van der Waals surface area contributed by atoms with Crippen LogP contribution in [0.25, 0.3) is 10.2 Å². The van der Waals surface area contributed by atoms with Crippen LogP contribution in [0.1, 0.15) is 41.3 Å². The quantitative estimate of drug-likeness (QED) is 0.479. The van der Waals surface area contributed by atoms with Gasteiger partial charge in [-0.1, -0.05) is 17.8 Å². The maximum atomic E-state index is 12.7. The Morgan fingerprint density at radius 2 is 2.00 bits per heavy atom. The first-order chi connectivity index (χ1) is 13.0. The van der Waals surface area contributed by atoms with Crippen molar-refractivity contribution in [2.24, 2.45) is 0 Å². The molecule has 1 aliphatic rings. The second kappa shape index (κ2) is 7.60. The van der Waals surface area contributed by atoms with Crippen molar-refractivity contribution in [2.45, 2.75) is 56.7 Å². The van der Waals surface area contributed by atoms with E-state index in [4.69, 9.17) is 0 Å². The number of aromatic nitrogens is 2. The number of amides is 1. The van der Waals surface area contributed by atoms with Gasteiger partial charge in [-0.2, -0.15) is 0 Å². The number of nitrogens with one attached hydrogen (secondary N) is 1. The van der Waals surface area contributed by atoms with Crippen molar-refractivity contribution in [3.63, 3.8) is 0 Å². The van der Waals surface area contributed by atoms with Crippen molar-refractivity contribution in [2.75, 3.05) is 5.32 Å². The lowest BCUT2D eigenvalue weighted by atomic mass is 9.97. The second-order valence-corrected chi connectivity index (χ2v) is 9.53. The molecular weight excluding hydrogens is 374 g/mol. The highest BCUT2D eigenvalue weighted by atomic mass is 32.2. The summed E-state index contributed by atoms with van der Waals surface area (Å²) in [5.41, 5.74) is 4.65. The van der Waals surface area contributed by atoms with Gasteiger partial charge in [0.25, 0.3) is 0 Å². The van der Waals surface area contributed by atoms with Crippen molar-refractivity contribution < 1.29 is 4.79 Å². The number of thiophene rings is 1. The lowest BCUT2D eigenvalue weighted by molar-refractivity contribution is -0.115. The van der Waals surface area contributed by atoms with Gasteiger partial charge in [-0.25, -0.2) is 9.97 Å². The number of hydrogen-bond donors (Lipinski definition) is 1. The maximum Gasteiger partial charge on any atom is 0.237 e. The number of fused-ring (bicyclic) bond motifs is 3. The third-order valence-corrected chi connectivity index (χ3v) is 7.45. The van der Waals surface area contributed by atoms with E-state index in [9.17, 15) is 4.79 Å². The van der Waals surface area contributed by atoms with Crippen LogP contribution in [0.2, 0.25) is 0 Å². The van der Waals surface area contributed by atoms with E-state index in [0.717, 1.165) is 28.4 Å². The zero-order valence-electron chi connectivity index (χ0n) is 15.8. The van der Waals surface area contributed by atoms with E-state index in [-0.39, 0.29) is 11.2 Å². The zero-order chi connectivity index (χ0) is 19.0. The third-order valence-electron chi connectivity index (χ3n) is 5.15. The van der Waals surface area contributed by atoms with Crippen molar-refractivity contribution in [1.82, 2.24) is 9.97 Å². The molecule has 0 saturated carbocycles. The summed E-state index contributed by atoms with van der Waals surface area (Å²) >= 11 is 3.32. The van der Waals surface area contributed by atoms with Crippen molar-refractivity contribution in [1.29, 1.82) is 0 Å². The van der Waals surface area contributed by atoms with E-state index >= 15 is 0 Å². The number of carbonyl (C=O) groups excluding carboxylic acids is 1. The second-order valence-electron chi connectivity index (χ2n) is 7.12. The number of rotatable bonds is 4. The standard InChI is InChI=1S/C21H23N3OS2/c1-12-8-9-15(10-13(12)2)24-19(25)14(3)26-20-18-16-6-4-5-7-17(16)27-21(18)23-11-22-20/h8-11,14H,4-7H2,1-3H3,(H,24,25)/t14-/m0/s1. The number of thioether (sulfide) groups is 1. The van der Waals surface area contributed by atoms with Crippen LogP contribution >= 0.6 is 23.1 Å². The summed E-state index contributed by atoms with van der Waals surface area (Å²) in [5, 5.41) is 4.91. The first-order valence-electron chi connectivity index (χ1n) is 9.33. The molecule has 4 rings (SSSR count). The molecule has 3 aromatic rings. The molecule has 1 aromatic carbocycles. The fourth-order valence-electron chi connectivity index (χ4n) is 3.43. The predicted molar refractivity (Wildman–Crippen MR) is 114 cm³/mol. The lowest BCUT2D eigenvalue weighted by Gasteiger charge is -2.14. The summed E-state index contributed by atoms with van der Waals surface area (Å²) in [5.74, 6) is -0.000822. The summed E-state index contributed by atoms with van der Waals surface area (Å²) < 4.78 is 0. The molecule has 0 unspecified atom stereocenters. The van der Waals surface area contributed by atoms with Crippen LogP contribution in [-0.4, -0.2) is 21.1 Å². The maximum absolute atomic E-state index is 12.7. The predicted octanol–water partition coefficient (Wildman–Crippen LogP) is 5.31. The van der Waals surface area contributed by atoms with Crippen LogP contribution in [0.3, 0.4) is 0 Å². The minimum atomic E-state index is -0.233. The Balaban J connectivity index is 1.55. The fourth-order valence-corrected chi connectivity index (χ4v) is 5.67. The lowest BCUT2D eigenvalue weighted by Crippen LogP contribution is -2.22. The Kier molecular flexibility index (Phi) is 5.19. The van der Waals surface area contributed by atoms with Crippen molar-refractivity contribution >= 4 is 44.9 Å². The number of hydrogen-bond acceptors (Lipinski definition) is 5. The summed E-state index contributed by atoms with van der Waals surface area (Å²) in [6, 6.07) is 6.01. The molecule has 0 fully saturated rings. The number of carbonyl (C=O) groups is 1. The van der Waals surface area contributed by atoms with E-state index < -0.39 is 0 Å². The van der Waals surface area contributed by atoms with Gasteiger partial charge >= 0.3 is 0 Å². The molecule has 27 heavy (non-hydrogen) atoms. The molecule has 6 heteroatoms. The van der Waals surface area contributed by atoms with Crippen LogP contribution < -0.4 is 5.32 Å². The molecule has 0 aliphatic heterocycles. The highest BCUT2D eigenvalue weighted by molar-refractivity contribution is 8.00. The largest absolute Gasteiger partial charge is 0.325 e. The van der Waals surface area contributed by atoms with Crippen LogP contribution in [0, 0.1) is 13.8 Å². The van der Waals surface area contributed by atoms with Crippen LogP contribution in [0.5, 0.6) is 0 Å². The van der Waals surface area contributed by atoms with E-state index in [0.29, 0.717) is 0 Å². The van der Waals surface area contributed by atoms with E-state index in [1.807, 2.05) is 25.1 Å². The van der Waals surface area contributed by atoms with Gasteiger partial charge in [-0.05, 0) is 75.3 Å². The Morgan fingerprint density at radius 1 is 1.19 bits per heavy atom. The van der Waals surface area contributed by atoms with Crippen LogP contribution in [0.4, 0.5) is 5.69 Å². The summed E-state index contributed by atoms with van der Waals surface area (Å²) in [7, 11) is 0. The van der Waals surface area contributed by atoms with Crippen molar-refractivity contribution in [3.05, 3.63) is 46.1 Å². The molecule has 1 amide bonds. The monoisotopic (exact) mass is 397 g/mol. The zero-order valence-corrected chi connectivity index (χ0v) is 17.5. The first-order valence-corrected chi connectivity index (χ1v) is 11.0. The molecule has 0 spiro atoms. The third kappa shape index (κ3) is 3.73. The van der Waals surface area contributed by atoms with Gasteiger partial charge in [0.15, 0.2) is 0 Å². The minimum absolute atomic E-state index is 0.000822. The summed E-state index contributed by atoms with van der Waals surface area (Å²) in [6.07, 6.45) is 6.34. The Hall–Kier alpha value is -1.92. The number of anilines is 1. The van der Waals surface area contributed by atoms with Crippen LogP contribution in [-0.2, 0) is 17.6 Å². The first kappa shape index (κ1) is 18.4. The van der Waals surface area contributed by atoms with Gasteiger partial charge in [-0.15, -0.1) is 11.3 Å². The van der Waals surface area contributed by atoms with E-state index in [1.165, 1.54) is 51.6 Å². The molecule has 2 aromatic heterocycles. The normalized spacial score (nSPS) is 14.8. The van der Waals surface area contributed by atoms with Gasteiger partial charge in [-0.3, -0.25) is 4.79 Å². The molecule has 1 N–H and O–H groups in total. The van der Waals surface area contributed by atoms with Gasteiger partial charge in [0.2, 0.25) is 5.91 Å². The molecule has 1 aliphatic carbocycles. The molecule has 0 bridgehead atoms. The SMILES string of the molecule is Cc1ccc(NC(=O)[C@H](C)Sc2ncnc3sc4c(c23)CCCC4)cc1C. The molecule has 0 radical (unpaired) electrons. The Morgan fingerprint density at radius 3 is 2.81 bits per heavy atom. The van der Waals surface area contributed by atoms with Gasteiger partial charge in [0.1, 0.15) is 16.2 Å². The molecule has 4 nitrogen and oxygen atoms in total. The smallest absolute Gasteiger partial charge is 0.237 e.